The zero-order chi connectivity index (χ0) is 11.1. The summed E-state index contributed by atoms with van der Waals surface area (Å²) < 4.78 is 37.8. The summed E-state index contributed by atoms with van der Waals surface area (Å²) in [4.78, 5) is 3.88. The van der Waals surface area contributed by atoms with Crippen molar-refractivity contribution in [2.75, 3.05) is 0 Å². The molecule has 0 N–H and O–H groups in total. The van der Waals surface area contributed by atoms with Crippen LogP contribution in [-0.2, 0) is 6.18 Å². The van der Waals surface area contributed by atoms with Gasteiger partial charge in [-0.3, -0.25) is 4.98 Å². The van der Waals surface area contributed by atoms with Gasteiger partial charge in [0.25, 0.3) is 0 Å². The van der Waals surface area contributed by atoms with E-state index >= 15 is 0 Å². The Morgan fingerprint density at radius 3 is 2.60 bits per heavy atom. The Labute approximate surface area is 84.6 Å². The fraction of sp³-hybridized carbons (Fsp3) is 0.182. The number of rotatable bonds is 0. The van der Waals surface area contributed by atoms with Crippen molar-refractivity contribution < 1.29 is 13.2 Å². The van der Waals surface area contributed by atoms with Crippen LogP contribution in [0.25, 0.3) is 10.8 Å². The summed E-state index contributed by atoms with van der Waals surface area (Å²) in [5, 5.41) is 0.716. The number of hydrogen-bond acceptors (Lipinski definition) is 1. The van der Waals surface area contributed by atoms with Crippen LogP contribution in [-0.4, -0.2) is 4.98 Å². The summed E-state index contributed by atoms with van der Waals surface area (Å²) in [5.74, 6) is 0. The van der Waals surface area contributed by atoms with Gasteiger partial charge in [0.05, 0.1) is 5.56 Å². The Morgan fingerprint density at radius 2 is 1.93 bits per heavy atom. The van der Waals surface area contributed by atoms with E-state index in [2.05, 4.69) is 4.98 Å². The zero-order valence-electron chi connectivity index (χ0n) is 7.97. The standard InChI is InChI=1S/C11H8F3N/c1-7-5-8-3-2-4-10(11(12,13)14)9(8)6-15-7/h2-6H,1H3. The first-order chi connectivity index (χ1) is 6.98. The number of alkyl halides is 3. The molecule has 0 amide bonds. The van der Waals surface area contributed by atoms with Crippen LogP contribution < -0.4 is 0 Å². The van der Waals surface area contributed by atoms with E-state index in [1.807, 2.05) is 0 Å². The van der Waals surface area contributed by atoms with Gasteiger partial charge in [0.1, 0.15) is 0 Å². The van der Waals surface area contributed by atoms with Gasteiger partial charge in [-0.25, -0.2) is 0 Å². The van der Waals surface area contributed by atoms with Crippen molar-refractivity contribution in [2.24, 2.45) is 0 Å². The highest BCUT2D eigenvalue weighted by molar-refractivity contribution is 5.85. The van der Waals surface area contributed by atoms with Crippen molar-refractivity contribution in [3.05, 3.63) is 41.7 Å². The molecule has 0 aliphatic heterocycles. The van der Waals surface area contributed by atoms with Crippen molar-refractivity contribution in [1.82, 2.24) is 4.98 Å². The summed E-state index contributed by atoms with van der Waals surface area (Å²) in [6.07, 6.45) is -3.05. The van der Waals surface area contributed by atoms with Crippen molar-refractivity contribution in [3.63, 3.8) is 0 Å². The Balaban J connectivity index is 2.77. The summed E-state index contributed by atoms with van der Waals surface area (Å²) >= 11 is 0. The second kappa shape index (κ2) is 3.22. The summed E-state index contributed by atoms with van der Waals surface area (Å²) in [6, 6.07) is 5.77. The van der Waals surface area contributed by atoms with Gasteiger partial charge < -0.3 is 0 Å². The van der Waals surface area contributed by atoms with Gasteiger partial charge in [0.2, 0.25) is 0 Å². The average molecular weight is 211 g/mol. The first-order valence-electron chi connectivity index (χ1n) is 4.41. The molecule has 2 aromatic rings. The molecule has 0 radical (unpaired) electrons. The number of aryl methyl sites for hydroxylation is 1. The molecule has 1 aromatic heterocycles. The average Bonchev–Trinajstić information content (AvgIpc) is 2.15. The Bertz CT molecular complexity index is 503. The molecule has 0 fully saturated rings. The highest BCUT2D eigenvalue weighted by atomic mass is 19.4. The second-order valence-electron chi connectivity index (χ2n) is 3.35. The number of nitrogens with zero attached hydrogens (tertiary/aromatic N) is 1. The molecule has 0 atom stereocenters. The molecule has 0 aliphatic carbocycles. The molecule has 0 unspecified atom stereocenters. The minimum atomic E-state index is -4.32. The van der Waals surface area contributed by atoms with E-state index in [1.54, 1.807) is 19.1 Å². The van der Waals surface area contributed by atoms with E-state index < -0.39 is 11.7 Å². The lowest BCUT2D eigenvalue weighted by Gasteiger charge is -2.09. The van der Waals surface area contributed by atoms with Crippen LogP contribution in [0.5, 0.6) is 0 Å². The van der Waals surface area contributed by atoms with Crippen LogP contribution in [0, 0.1) is 6.92 Å². The van der Waals surface area contributed by atoms with Crippen molar-refractivity contribution >= 4 is 10.8 Å². The first kappa shape index (κ1) is 9.96. The van der Waals surface area contributed by atoms with Crippen molar-refractivity contribution in [2.45, 2.75) is 13.1 Å². The van der Waals surface area contributed by atoms with Crippen LogP contribution >= 0.6 is 0 Å². The van der Waals surface area contributed by atoms with Gasteiger partial charge in [0, 0.05) is 17.3 Å². The maximum absolute atomic E-state index is 12.6. The van der Waals surface area contributed by atoms with E-state index in [9.17, 15) is 13.2 Å². The third-order valence-electron chi connectivity index (χ3n) is 2.21. The fourth-order valence-corrected chi connectivity index (χ4v) is 1.53. The molecule has 0 aliphatic rings. The topological polar surface area (TPSA) is 12.9 Å². The molecule has 0 bridgehead atoms. The predicted octanol–water partition coefficient (Wildman–Crippen LogP) is 3.56. The van der Waals surface area contributed by atoms with Crippen LogP contribution in [0.4, 0.5) is 13.2 Å². The quantitative estimate of drug-likeness (QED) is 0.649. The Morgan fingerprint density at radius 1 is 1.20 bits per heavy atom. The van der Waals surface area contributed by atoms with Crippen LogP contribution in [0.2, 0.25) is 0 Å². The molecule has 1 heterocycles. The smallest absolute Gasteiger partial charge is 0.261 e. The maximum atomic E-state index is 12.6. The minimum absolute atomic E-state index is 0.149. The SMILES string of the molecule is Cc1cc2cccc(C(F)(F)F)c2cn1. The molecule has 2 rings (SSSR count). The fourth-order valence-electron chi connectivity index (χ4n) is 1.53. The van der Waals surface area contributed by atoms with Crippen LogP contribution in [0.3, 0.4) is 0 Å². The zero-order valence-corrected chi connectivity index (χ0v) is 7.97. The molecule has 1 nitrogen and oxygen atoms in total. The molecule has 15 heavy (non-hydrogen) atoms. The summed E-state index contributed by atoms with van der Waals surface area (Å²) in [6.45, 7) is 1.75. The van der Waals surface area contributed by atoms with Gasteiger partial charge >= 0.3 is 6.18 Å². The normalized spacial score (nSPS) is 12.0. The Kier molecular flexibility index (Phi) is 2.14. The number of aromatic nitrogens is 1. The van der Waals surface area contributed by atoms with Crippen LogP contribution in [0.15, 0.2) is 30.5 Å². The number of fused-ring (bicyclic) bond motifs is 1. The van der Waals surface area contributed by atoms with E-state index in [1.165, 1.54) is 12.3 Å². The third kappa shape index (κ3) is 1.79. The summed E-state index contributed by atoms with van der Waals surface area (Å²) in [7, 11) is 0. The largest absolute Gasteiger partial charge is 0.417 e. The number of hydrogen-bond donors (Lipinski definition) is 0. The molecule has 0 saturated heterocycles. The van der Waals surface area contributed by atoms with Gasteiger partial charge in [-0.15, -0.1) is 0 Å². The molecular weight excluding hydrogens is 203 g/mol. The first-order valence-corrected chi connectivity index (χ1v) is 4.41. The highest BCUT2D eigenvalue weighted by Crippen LogP contribution is 2.34. The van der Waals surface area contributed by atoms with Gasteiger partial charge in [-0.1, -0.05) is 12.1 Å². The van der Waals surface area contributed by atoms with E-state index in [0.29, 0.717) is 11.1 Å². The lowest BCUT2D eigenvalue weighted by molar-refractivity contribution is -0.136. The van der Waals surface area contributed by atoms with E-state index in [-0.39, 0.29) is 5.39 Å². The molecule has 4 heteroatoms. The molecule has 0 saturated carbocycles. The molecule has 1 aromatic carbocycles. The molecule has 0 spiro atoms. The Hall–Kier alpha value is -1.58. The number of pyridine rings is 1. The lowest BCUT2D eigenvalue weighted by atomic mass is 10.1. The van der Waals surface area contributed by atoms with Crippen molar-refractivity contribution in [1.29, 1.82) is 0 Å². The summed E-state index contributed by atoms with van der Waals surface area (Å²) in [5.41, 5.74) is 0.0781. The molecular formula is C11H8F3N. The monoisotopic (exact) mass is 211 g/mol. The third-order valence-corrected chi connectivity index (χ3v) is 2.21. The van der Waals surface area contributed by atoms with E-state index in [0.717, 1.165) is 6.07 Å². The van der Waals surface area contributed by atoms with Gasteiger partial charge in [0.15, 0.2) is 0 Å². The van der Waals surface area contributed by atoms with Gasteiger partial charge in [-0.05, 0) is 24.4 Å². The maximum Gasteiger partial charge on any atom is 0.417 e. The van der Waals surface area contributed by atoms with Gasteiger partial charge in [-0.2, -0.15) is 13.2 Å². The van der Waals surface area contributed by atoms with Crippen LogP contribution in [0.1, 0.15) is 11.3 Å². The van der Waals surface area contributed by atoms with Crippen molar-refractivity contribution in [3.8, 4) is 0 Å². The second-order valence-corrected chi connectivity index (χ2v) is 3.35. The number of benzene rings is 1. The predicted molar refractivity (Wildman–Crippen MR) is 51.5 cm³/mol. The minimum Gasteiger partial charge on any atom is -0.261 e. The lowest BCUT2D eigenvalue weighted by Crippen LogP contribution is -2.05. The highest BCUT2D eigenvalue weighted by Gasteiger charge is 2.32. The van der Waals surface area contributed by atoms with E-state index in [4.69, 9.17) is 0 Å². The molecule has 78 valence electrons. The number of halogens is 3.